The maximum absolute atomic E-state index is 12.0. The molecule has 0 aromatic heterocycles. The Morgan fingerprint density at radius 2 is 2.06 bits per heavy atom. The van der Waals surface area contributed by atoms with Crippen LogP contribution in [0.3, 0.4) is 0 Å². The molecule has 0 aliphatic heterocycles. The van der Waals surface area contributed by atoms with Crippen LogP contribution >= 0.6 is 0 Å². The van der Waals surface area contributed by atoms with Crippen LogP contribution in [0.4, 0.5) is 0 Å². The number of benzene rings is 1. The smallest absolute Gasteiger partial charge is 0.242 e. The minimum Gasteiger partial charge on any atom is -0.392 e. The lowest BCUT2D eigenvalue weighted by Crippen LogP contribution is -2.27. The van der Waals surface area contributed by atoms with Crippen molar-refractivity contribution in [3.05, 3.63) is 29.8 Å². The molecule has 0 spiro atoms. The topological polar surface area (TPSA) is 57.6 Å². The Balaban J connectivity index is 3.06. The Bertz CT molecular complexity index is 442. The third-order valence-electron chi connectivity index (χ3n) is 2.33. The highest BCUT2D eigenvalue weighted by molar-refractivity contribution is 7.89. The standard InChI is InChI=1S/C11H17NO3S/c1-3-7-12(2)16(14,15)11-6-4-5-10(8-11)9-13/h4-6,8,13H,3,7,9H2,1-2H3. The Hall–Kier alpha value is -0.910. The van der Waals surface area contributed by atoms with Gasteiger partial charge in [0.15, 0.2) is 0 Å². The number of hydrogen-bond donors (Lipinski definition) is 1. The summed E-state index contributed by atoms with van der Waals surface area (Å²) >= 11 is 0. The molecular weight excluding hydrogens is 226 g/mol. The van der Waals surface area contributed by atoms with Gasteiger partial charge in [-0.15, -0.1) is 0 Å². The first kappa shape index (κ1) is 13.2. The third-order valence-corrected chi connectivity index (χ3v) is 4.18. The van der Waals surface area contributed by atoms with Crippen molar-refractivity contribution < 1.29 is 13.5 Å². The highest BCUT2D eigenvalue weighted by Gasteiger charge is 2.19. The van der Waals surface area contributed by atoms with Gasteiger partial charge < -0.3 is 5.11 Å². The largest absolute Gasteiger partial charge is 0.392 e. The minimum atomic E-state index is -3.41. The lowest BCUT2D eigenvalue weighted by molar-refractivity contribution is 0.281. The van der Waals surface area contributed by atoms with Gasteiger partial charge in [-0.05, 0) is 24.1 Å². The van der Waals surface area contributed by atoms with Gasteiger partial charge >= 0.3 is 0 Å². The first-order valence-electron chi connectivity index (χ1n) is 5.18. The monoisotopic (exact) mass is 243 g/mol. The van der Waals surface area contributed by atoms with Gasteiger partial charge in [-0.3, -0.25) is 0 Å². The first-order chi connectivity index (χ1) is 7.52. The molecule has 90 valence electrons. The average Bonchev–Trinajstić information content (AvgIpc) is 2.29. The van der Waals surface area contributed by atoms with E-state index in [2.05, 4.69) is 0 Å². The summed E-state index contributed by atoms with van der Waals surface area (Å²) in [5.74, 6) is 0. The molecule has 0 unspecified atom stereocenters. The average molecular weight is 243 g/mol. The molecule has 0 bridgehead atoms. The molecule has 1 rings (SSSR count). The van der Waals surface area contributed by atoms with Crippen LogP contribution in [0.15, 0.2) is 29.2 Å². The number of rotatable bonds is 5. The van der Waals surface area contributed by atoms with Gasteiger partial charge in [0.1, 0.15) is 0 Å². The normalized spacial score (nSPS) is 12.0. The second-order valence-corrected chi connectivity index (χ2v) is 5.68. The van der Waals surface area contributed by atoms with E-state index in [1.807, 2.05) is 6.92 Å². The van der Waals surface area contributed by atoms with Crippen LogP contribution in [-0.2, 0) is 16.6 Å². The van der Waals surface area contributed by atoms with E-state index in [-0.39, 0.29) is 11.5 Å². The maximum atomic E-state index is 12.0. The van der Waals surface area contributed by atoms with Crippen molar-refractivity contribution in [1.82, 2.24) is 4.31 Å². The van der Waals surface area contributed by atoms with Crippen LogP contribution in [0.5, 0.6) is 0 Å². The molecule has 0 fully saturated rings. The fourth-order valence-electron chi connectivity index (χ4n) is 1.42. The zero-order valence-electron chi connectivity index (χ0n) is 9.55. The third kappa shape index (κ3) is 2.81. The Labute approximate surface area is 96.6 Å². The van der Waals surface area contributed by atoms with Crippen molar-refractivity contribution in [2.24, 2.45) is 0 Å². The van der Waals surface area contributed by atoms with Crippen molar-refractivity contribution in [3.63, 3.8) is 0 Å². The number of sulfonamides is 1. The maximum Gasteiger partial charge on any atom is 0.242 e. The van der Waals surface area contributed by atoms with Crippen molar-refractivity contribution in [2.45, 2.75) is 24.8 Å². The molecule has 0 aliphatic rings. The zero-order valence-corrected chi connectivity index (χ0v) is 10.4. The fraction of sp³-hybridized carbons (Fsp3) is 0.455. The van der Waals surface area contributed by atoms with Crippen molar-refractivity contribution >= 4 is 10.0 Å². The van der Waals surface area contributed by atoms with E-state index >= 15 is 0 Å². The molecule has 0 saturated carbocycles. The molecule has 4 nitrogen and oxygen atoms in total. The summed E-state index contributed by atoms with van der Waals surface area (Å²) in [5.41, 5.74) is 0.603. The van der Waals surface area contributed by atoms with E-state index in [0.717, 1.165) is 6.42 Å². The van der Waals surface area contributed by atoms with Gasteiger partial charge in [0.25, 0.3) is 0 Å². The van der Waals surface area contributed by atoms with Gasteiger partial charge in [-0.1, -0.05) is 19.1 Å². The van der Waals surface area contributed by atoms with Crippen LogP contribution in [-0.4, -0.2) is 31.4 Å². The van der Waals surface area contributed by atoms with E-state index < -0.39 is 10.0 Å². The SMILES string of the molecule is CCCN(C)S(=O)(=O)c1cccc(CO)c1. The molecule has 0 saturated heterocycles. The summed E-state index contributed by atoms with van der Waals surface area (Å²) in [7, 11) is -1.85. The van der Waals surface area contributed by atoms with E-state index in [1.165, 1.54) is 10.4 Å². The summed E-state index contributed by atoms with van der Waals surface area (Å²) < 4.78 is 25.4. The number of hydrogen-bond acceptors (Lipinski definition) is 3. The summed E-state index contributed by atoms with van der Waals surface area (Å²) in [4.78, 5) is 0.231. The molecule has 5 heteroatoms. The van der Waals surface area contributed by atoms with Gasteiger partial charge in [0.2, 0.25) is 10.0 Å². The summed E-state index contributed by atoms with van der Waals surface area (Å²) in [6, 6.07) is 6.37. The molecule has 16 heavy (non-hydrogen) atoms. The van der Waals surface area contributed by atoms with Crippen LogP contribution in [0.1, 0.15) is 18.9 Å². The highest BCUT2D eigenvalue weighted by Crippen LogP contribution is 2.16. The van der Waals surface area contributed by atoms with Crippen molar-refractivity contribution in [3.8, 4) is 0 Å². The quantitative estimate of drug-likeness (QED) is 0.845. The predicted octanol–water partition coefficient (Wildman–Crippen LogP) is 1.21. The molecule has 1 aromatic rings. The van der Waals surface area contributed by atoms with Gasteiger partial charge in [0.05, 0.1) is 11.5 Å². The molecule has 1 N–H and O–H groups in total. The molecule has 1 aromatic carbocycles. The molecule has 0 heterocycles. The molecular formula is C11H17NO3S. The number of aliphatic hydroxyl groups excluding tert-OH is 1. The van der Waals surface area contributed by atoms with Crippen LogP contribution < -0.4 is 0 Å². The Morgan fingerprint density at radius 1 is 1.38 bits per heavy atom. The fourth-order valence-corrected chi connectivity index (χ4v) is 2.75. The molecule has 0 atom stereocenters. The Morgan fingerprint density at radius 3 is 2.62 bits per heavy atom. The summed E-state index contributed by atoms with van der Waals surface area (Å²) in [6.45, 7) is 2.27. The first-order valence-corrected chi connectivity index (χ1v) is 6.62. The highest BCUT2D eigenvalue weighted by atomic mass is 32.2. The van der Waals surface area contributed by atoms with E-state index in [1.54, 1.807) is 25.2 Å². The second-order valence-electron chi connectivity index (χ2n) is 3.63. The number of nitrogens with zero attached hydrogens (tertiary/aromatic N) is 1. The summed E-state index contributed by atoms with van der Waals surface area (Å²) in [5, 5.41) is 8.96. The number of aliphatic hydroxyl groups is 1. The van der Waals surface area contributed by atoms with Crippen LogP contribution in [0, 0.1) is 0 Å². The minimum absolute atomic E-state index is 0.152. The lowest BCUT2D eigenvalue weighted by Gasteiger charge is -2.16. The molecule has 0 aliphatic carbocycles. The van der Waals surface area contributed by atoms with Crippen molar-refractivity contribution in [2.75, 3.05) is 13.6 Å². The summed E-state index contributed by atoms with van der Waals surface area (Å²) in [6.07, 6.45) is 0.773. The van der Waals surface area contributed by atoms with Gasteiger partial charge in [0, 0.05) is 13.6 Å². The second kappa shape index (κ2) is 5.43. The lowest BCUT2D eigenvalue weighted by atomic mass is 10.2. The van der Waals surface area contributed by atoms with E-state index in [0.29, 0.717) is 12.1 Å². The van der Waals surface area contributed by atoms with E-state index in [4.69, 9.17) is 5.11 Å². The van der Waals surface area contributed by atoms with Crippen LogP contribution in [0.25, 0.3) is 0 Å². The molecule has 0 radical (unpaired) electrons. The van der Waals surface area contributed by atoms with Gasteiger partial charge in [-0.2, -0.15) is 0 Å². The predicted molar refractivity (Wildman–Crippen MR) is 62.5 cm³/mol. The zero-order chi connectivity index (χ0) is 12.2. The Kier molecular flexibility index (Phi) is 4.46. The molecule has 0 amide bonds. The van der Waals surface area contributed by atoms with Crippen molar-refractivity contribution in [1.29, 1.82) is 0 Å². The van der Waals surface area contributed by atoms with E-state index in [9.17, 15) is 8.42 Å². The van der Waals surface area contributed by atoms with Gasteiger partial charge in [-0.25, -0.2) is 12.7 Å². The van der Waals surface area contributed by atoms with Crippen LogP contribution in [0.2, 0.25) is 0 Å².